The van der Waals surface area contributed by atoms with Crippen molar-refractivity contribution in [3.63, 3.8) is 0 Å². The minimum Gasteiger partial charge on any atom is -0.457 e. The first kappa shape index (κ1) is 22.2. The van der Waals surface area contributed by atoms with E-state index >= 15 is 0 Å². The summed E-state index contributed by atoms with van der Waals surface area (Å²) in [5, 5.41) is 0. The number of para-hydroxylation sites is 1. The molecule has 0 aromatic heterocycles. The molecule has 1 saturated heterocycles. The summed E-state index contributed by atoms with van der Waals surface area (Å²) < 4.78 is 7.32. The number of rotatable bonds is 5. The molecule has 7 heteroatoms. The number of aliphatic imine (C=N–C) groups is 1. The van der Waals surface area contributed by atoms with Crippen molar-refractivity contribution in [3.8, 4) is 11.5 Å². The number of allylic oxidation sites excluding steroid dienone is 1. The summed E-state index contributed by atoms with van der Waals surface area (Å²) in [4.78, 5) is 34.3. The van der Waals surface area contributed by atoms with E-state index in [1.165, 1.54) is 10.1 Å². The van der Waals surface area contributed by atoms with Gasteiger partial charge in [-0.3, -0.25) is 19.6 Å². The molecule has 1 fully saturated rings. The molecule has 0 radical (unpaired) electrons. The van der Waals surface area contributed by atoms with E-state index in [1.807, 2.05) is 61.5 Å². The van der Waals surface area contributed by atoms with Gasteiger partial charge in [-0.2, -0.15) is 4.58 Å². The summed E-state index contributed by atoms with van der Waals surface area (Å²) in [5.41, 5.74) is 2.86. The highest BCUT2D eigenvalue weighted by Gasteiger charge is 2.49. The highest BCUT2D eigenvalue weighted by atomic mass is 16.5. The van der Waals surface area contributed by atoms with Crippen molar-refractivity contribution in [2.45, 2.75) is 38.5 Å². The second-order valence-electron chi connectivity index (χ2n) is 9.05. The third kappa shape index (κ3) is 4.43. The van der Waals surface area contributed by atoms with E-state index in [2.05, 4.69) is 17.0 Å². The molecule has 3 aliphatic heterocycles. The van der Waals surface area contributed by atoms with E-state index in [9.17, 15) is 9.59 Å². The normalized spacial score (nSPS) is 21.5. The van der Waals surface area contributed by atoms with Crippen molar-refractivity contribution >= 4 is 23.2 Å². The van der Waals surface area contributed by atoms with Crippen LogP contribution in [0.3, 0.4) is 0 Å². The predicted molar refractivity (Wildman–Crippen MR) is 130 cm³/mol. The van der Waals surface area contributed by atoms with Gasteiger partial charge in [0.25, 0.3) is 0 Å². The first-order valence-corrected chi connectivity index (χ1v) is 11.7. The molecule has 3 heterocycles. The molecule has 2 aromatic rings. The standard InChI is InChI=1S/C27H29N4O3/c1-19-8-13-24-25(28-19)31(27(33)26(32)29(24)2)21-14-16-30(17-15-21)18-20-9-11-23(12-10-20)34-22-6-4-3-5-7-22/h3-13,21,25H,14-18H2,1-2H3/q+1. The van der Waals surface area contributed by atoms with Gasteiger partial charge in [0.15, 0.2) is 0 Å². The second-order valence-corrected chi connectivity index (χ2v) is 9.05. The lowest BCUT2D eigenvalue weighted by Crippen LogP contribution is -2.61. The highest BCUT2D eigenvalue weighted by Crippen LogP contribution is 2.26. The topological polar surface area (TPSA) is 65.2 Å². The van der Waals surface area contributed by atoms with Gasteiger partial charge in [-0.25, -0.2) is 4.79 Å². The summed E-state index contributed by atoms with van der Waals surface area (Å²) in [7, 11) is 1.65. The van der Waals surface area contributed by atoms with Gasteiger partial charge >= 0.3 is 11.8 Å². The van der Waals surface area contributed by atoms with Gasteiger partial charge in [-0.15, -0.1) is 0 Å². The monoisotopic (exact) mass is 457 g/mol. The fraction of sp³-hybridized carbons (Fsp3) is 0.333. The number of piperidine rings is 1. The van der Waals surface area contributed by atoms with Gasteiger partial charge < -0.3 is 4.74 Å². The quantitative estimate of drug-likeness (QED) is 0.511. The van der Waals surface area contributed by atoms with Crippen LogP contribution in [-0.2, 0) is 16.1 Å². The van der Waals surface area contributed by atoms with Crippen molar-refractivity contribution in [2.75, 3.05) is 20.1 Å². The van der Waals surface area contributed by atoms with Crippen LogP contribution in [0.2, 0.25) is 0 Å². The molecule has 7 nitrogen and oxygen atoms in total. The van der Waals surface area contributed by atoms with E-state index < -0.39 is 18.0 Å². The van der Waals surface area contributed by atoms with E-state index in [0.717, 1.165) is 55.4 Å². The Kier molecular flexibility index (Phi) is 6.11. The van der Waals surface area contributed by atoms with Crippen molar-refractivity contribution in [2.24, 2.45) is 4.99 Å². The lowest BCUT2D eigenvalue weighted by Gasteiger charge is -2.41. The minimum atomic E-state index is -0.481. The van der Waals surface area contributed by atoms with Crippen LogP contribution < -0.4 is 4.74 Å². The van der Waals surface area contributed by atoms with Gasteiger partial charge in [-0.1, -0.05) is 30.3 Å². The SMILES string of the molecule is CC1=NC2C(=[N+](C)C(=O)C(=O)N2C2CCN(Cc3ccc(Oc4ccccc4)cc3)CC2)C=C1. The Labute approximate surface area is 199 Å². The lowest BCUT2D eigenvalue weighted by atomic mass is 9.98. The number of carbonyl (C=O) groups is 2. The molecule has 0 saturated carbocycles. The molecule has 1 atom stereocenters. The zero-order valence-corrected chi connectivity index (χ0v) is 19.6. The molecule has 34 heavy (non-hydrogen) atoms. The van der Waals surface area contributed by atoms with Crippen molar-refractivity contribution in [3.05, 3.63) is 72.3 Å². The largest absolute Gasteiger partial charge is 0.477 e. The number of hydrogen-bond acceptors (Lipinski definition) is 5. The third-order valence-electron chi connectivity index (χ3n) is 6.72. The van der Waals surface area contributed by atoms with Crippen LogP contribution in [-0.4, -0.2) is 70.0 Å². The fourth-order valence-electron chi connectivity index (χ4n) is 4.83. The number of nitrogens with zero attached hydrogens (tertiary/aromatic N) is 4. The van der Waals surface area contributed by atoms with Gasteiger partial charge in [0.1, 0.15) is 18.5 Å². The summed E-state index contributed by atoms with van der Waals surface area (Å²) in [6, 6.07) is 17.9. The van der Waals surface area contributed by atoms with Crippen LogP contribution >= 0.6 is 0 Å². The summed E-state index contributed by atoms with van der Waals surface area (Å²) in [6.07, 6.45) is 5.03. The number of amides is 2. The number of likely N-dealkylation sites (N-methyl/N-ethyl adjacent to an activating group) is 1. The molecular formula is C27H29N4O3+. The molecule has 0 spiro atoms. The number of dihydropyridines is 1. The molecular weight excluding hydrogens is 428 g/mol. The first-order chi connectivity index (χ1) is 16.5. The number of ether oxygens (including phenoxy) is 1. The van der Waals surface area contributed by atoms with Crippen LogP contribution in [0, 0.1) is 0 Å². The van der Waals surface area contributed by atoms with Crippen LogP contribution in [0.4, 0.5) is 0 Å². The molecule has 5 rings (SSSR count). The Bertz CT molecular complexity index is 1180. The number of carbonyl (C=O) groups excluding carboxylic acids is 2. The lowest BCUT2D eigenvalue weighted by molar-refractivity contribution is -0.419. The number of hydrogen-bond donors (Lipinski definition) is 0. The maximum atomic E-state index is 12.9. The molecule has 0 bridgehead atoms. The highest BCUT2D eigenvalue weighted by molar-refractivity contribution is 6.35. The average molecular weight is 458 g/mol. The van der Waals surface area contributed by atoms with Crippen molar-refractivity contribution in [1.29, 1.82) is 0 Å². The summed E-state index contributed by atoms with van der Waals surface area (Å²) in [5.74, 6) is 0.709. The Hall–Kier alpha value is -3.58. The molecule has 174 valence electrons. The number of likely N-dealkylation sites (tertiary alicyclic amines) is 1. The molecule has 2 amide bonds. The minimum absolute atomic E-state index is 0.00565. The molecule has 0 aliphatic carbocycles. The Morgan fingerprint density at radius 1 is 0.971 bits per heavy atom. The Morgan fingerprint density at radius 2 is 1.65 bits per heavy atom. The van der Waals surface area contributed by atoms with Crippen molar-refractivity contribution in [1.82, 2.24) is 9.80 Å². The van der Waals surface area contributed by atoms with E-state index in [1.54, 1.807) is 11.9 Å². The average Bonchev–Trinajstić information content (AvgIpc) is 2.85. The van der Waals surface area contributed by atoms with Gasteiger partial charge in [-0.05, 0) is 55.7 Å². The van der Waals surface area contributed by atoms with E-state index in [-0.39, 0.29) is 6.04 Å². The number of benzene rings is 2. The van der Waals surface area contributed by atoms with Crippen molar-refractivity contribution < 1.29 is 18.9 Å². The zero-order chi connectivity index (χ0) is 23.7. The smallest absolute Gasteiger partial charge is 0.457 e. The van der Waals surface area contributed by atoms with Crippen LogP contribution in [0.1, 0.15) is 25.3 Å². The third-order valence-corrected chi connectivity index (χ3v) is 6.72. The zero-order valence-electron chi connectivity index (χ0n) is 19.6. The Balaban J connectivity index is 1.21. The van der Waals surface area contributed by atoms with Gasteiger partial charge in [0.2, 0.25) is 11.9 Å². The van der Waals surface area contributed by atoms with E-state index in [0.29, 0.717) is 0 Å². The second kappa shape index (κ2) is 9.35. The van der Waals surface area contributed by atoms with Gasteiger partial charge in [0, 0.05) is 37.5 Å². The Morgan fingerprint density at radius 3 is 2.35 bits per heavy atom. The maximum Gasteiger partial charge on any atom is 0.477 e. The summed E-state index contributed by atoms with van der Waals surface area (Å²) in [6.45, 7) is 4.49. The van der Waals surface area contributed by atoms with Crippen LogP contribution in [0.15, 0.2) is 71.7 Å². The molecule has 1 unspecified atom stereocenters. The van der Waals surface area contributed by atoms with Gasteiger partial charge in [0.05, 0.1) is 0 Å². The first-order valence-electron chi connectivity index (χ1n) is 11.7. The maximum absolute atomic E-state index is 12.9. The molecule has 0 N–H and O–H groups in total. The molecule has 3 aliphatic rings. The predicted octanol–water partition coefficient (Wildman–Crippen LogP) is 3.25. The van der Waals surface area contributed by atoms with Crippen LogP contribution in [0.25, 0.3) is 0 Å². The van der Waals surface area contributed by atoms with E-state index in [4.69, 9.17) is 9.73 Å². The number of fused-ring (bicyclic) bond motifs is 1. The van der Waals surface area contributed by atoms with Crippen LogP contribution in [0.5, 0.6) is 11.5 Å². The molecule has 2 aromatic carbocycles. The fourth-order valence-corrected chi connectivity index (χ4v) is 4.83. The summed E-state index contributed by atoms with van der Waals surface area (Å²) >= 11 is 0.